The monoisotopic (exact) mass is 326 g/mol. The molecular weight excluding hydrogens is 312 g/mol. The van der Waals surface area contributed by atoms with E-state index in [0.717, 1.165) is 44.6 Å². The number of aryl methyl sites for hydroxylation is 1. The largest absolute Gasteiger partial charge is 0.337 e. The van der Waals surface area contributed by atoms with Crippen molar-refractivity contribution in [1.29, 1.82) is 0 Å². The van der Waals surface area contributed by atoms with Gasteiger partial charge >= 0.3 is 0 Å². The van der Waals surface area contributed by atoms with Crippen molar-refractivity contribution >= 4 is 22.1 Å². The molecule has 0 saturated carbocycles. The first-order valence-electron chi connectivity index (χ1n) is 8.00. The van der Waals surface area contributed by atoms with Crippen LogP contribution in [0.3, 0.4) is 0 Å². The molecule has 0 atom stereocenters. The van der Waals surface area contributed by atoms with Crippen LogP contribution >= 0.6 is 0 Å². The molecule has 2 N–H and O–H groups in total. The SMILES string of the molecule is Cc1ccncc1-c1cnc2n[nH]c(-c3nc4ccccc4[nH]3)c2c1. The number of aromatic amines is 2. The van der Waals surface area contributed by atoms with Crippen LogP contribution in [0.4, 0.5) is 0 Å². The second kappa shape index (κ2) is 5.24. The fraction of sp³-hybridized carbons (Fsp3) is 0.0526. The topological polar surface area (TPSA) is 83.1 Å². The van der Waals surface area contributed by atoms with Crippen LogP contribution in [0.1, 0.15) is 5.56 Å². The lowest BCUT2D eigenvalue weighted by Crippen LogP contribution is -1.87. The normalized spacial score (nSPS) is 11.4. The van der Waals surface area contributed by atoms with Crippen molar-refractivity contribution < 1.29 is 0 Å². The van der Waals surface area contributed by atoms with Crippen LogP contribution in [0.5, 0.6) is 0 Å². The van der Waals surface area contributed by atoms with Crippen molar-refractivity contribution in [3.63, 3.8) is 0 Å². The lowest BCUT2D eigenvalue weighted by atomic mass is 10.0. The highest BCUT2D eigenvalue weighted by atomic mass is 15.2. The van der Waals surface area contributed by atoms with Crippen LogP contribution in [0.25, 0.3) is 44.7 Å². The molecule has 5 rings (SSSR count). The fourth-order valence-corrected chi connectivity index (χ4v) is 3.06. The molecular formula is C19H14N6. The smallest absolute Gasteiger partial charge is 0.181 e. The number of imidazole rings is 1. The molecule has 1 aromatic carbocycles. The Morgan fingerprint density at radius 2 is 1.96 bits per heavy atom. The van der Waals surface area contributed by atoms with E-state index in [4.69, 9.17) is 0 Å². The second-order valence-electron chi connectivity index (χ2n) is 5.99. The van der Waals surface area contributed by atoms with E-state index >= 15 is 0 Å². The standard InChI is InChI=1S/C19H14N6/c1-11-6-7-20-10-14(11)12-8-13-17(24-25-18(13)21-9-12)19-22-15-4-2-3-5-16(15)23-19/h2-10H,1H3,(H,22,23)(H,21,24,25). The zero-order valence-electron chi connectivity index (χ0n) is 13.5. The molecule has 0 spiro atoms. The van der Waals surface area contributed by atoms with E-state index in [1.165, 1.54) is 0 Å². The van der Waals surface area contributed by atoms with Gasteiger partial charge in [-0.15, -0.1) is 0 Å². The summed E-state index contributed by atoms with van der Waals surface area (Å²) in [6, 6.07) is 12.0. The minimum atomic E-state index is 0.667. The van der Waals surface area contributed by atoms with Crippen molar-refractivity contribution in [1.82, 2.24) is 30.1 Å². The van der Waals surface area contributed by atoms with E-state index in [0.29, 0.717) is 5.65 Å². The lowest BCUT2D eigenvalue weighted by molar-refractivity contribution is 1.09. The average Bonchev–Trinajstić information content (AvgIpc) is 3.25. The van der Waals surface area contributed by atoms with Gasteiger partial charge in [0, 0.05) is 29.7 Å². The number of hydrogen-bond donors (Lipinski definition) is 2. The predicted octanol–water partition coefficient (Wildman–Crippen LogP) is 3.87. The number of aromatic nitrogens is 6. The number of para-hydroxylation sites is 2. The van der Waals surface area contributed by atoms with E-state index in [2.05, 4.69) is 43.1 Å². The first kappa shape index (κ1) is 13.9. The molecule has 120 valence electrons. The van der Waals surface area contributed by atoms with Crippen LogP contribution in [-0.4, -0.2) is 30.1 Å². The molecule has 0 unspecified atom stereocenters. The maximum atomic E-state index is 4.66. The van der Waals surface area contributed by atoms with Gasteiger partial charge in [-0.3, -0.25) is 10.1 Å². The summed E-state index contributed by atoms with van der Waals surface area (Å²) in [4.78, 5) is 16.7. The highest BCUT2D eigenvalue weighted by molar-refractivity contribution is 5.93. The zero-order valence-corrected chi connectivity index (χ0v) is 13.5. The van der Waals surface area contributed by atoms with Gasteiger partial charge in [-0.1, -0.05) is 12.1 Å². The van der Waals surface area contributed by atoms with Gasteiger partial charge in [0.15, 0.2) is 11.5 Å². The first-order chi connectivity index (χ1) is 12.3. The highest BCUT2D eigenvalue weighted by Crippen LogP contribution is 2.29. The molecule has 25 heavy (non-hydrogen) atoms. The summed E-state index contributed by atoms with van der Waals surface area (Å²) in [6.45, 7) is 2.07. The predicted molar refractivity (Wildman–Crippen MR) is 96.9 cm³/mol. The van der Waals surface area contributed by atoms with Gasteiger partial charge in [0.25, 0.3) is 0 Å². The molecule has 6 nitrogen and oxygen atoms in total. The van der Waals surface area contributed by atoms with E-state index in [9.17, 15) is 0 Å². The van der Waals surface area contributed by atoms with E-state index < -0.39 is 0 Å². The molecule has 4 aromatic heterocycles. The van der Waals surface area contributed by atoms with Gasteiger partial charge in [-0.2, -0.15) is 5.10 Å². The lowest BCUT2D eigenvalue weighted by Gasteiger charge is -2.04. The van der Waals surface area contributed by atoms with Crippen molar-refractivity contribution in [2.45, 2.75) is 6.92 Å². The third-order valence-corrected chi connectivity index (χ3v) is 4.39. The van der Waals surface area contributed by atoms with Crippen LogP contribution in [-0.2, 0) is 0 Å². The summed E-state index contributed by atoms with van der Waals surface area (Å²) in [5.41, 5.74) is 6.65. The molecule has 0 aliphatic rings. The molecule has 0 fully saturated rings. The van der Waals surface area contributed by atoms with Crippen molar-refractivity contribution in [2.75, 3.05) is 0 Å². The molecule has 4 heterocycles. The van der Waals surface area contributed by atoms with Gasteiger partial charge < -0.3 is 4.98 Å². The van der Waals surface area contributed by atoms with Crippen molar-refractivity contribution in [3.05, 3.63) is 60.6 Å². The molecule has 0 aliphatic carbocycles. The molecule has 5 aromatic rings. The number of hydrogen-bond acceptors (Lipinski definition) is 4. The van der Waals surface area contributed by atoms with Crippen molar-refractivity contribution in [3.8, 4) is 22.6 Å². The summed E-state index contributed by atoms with van der Waals surface area (Å²) in [7, 11) is 0. The van der Waals surface area contributed by atoms with Gasteiger partial charge in [-0.25, -0.2) is 9.97 Å². The van der Waals surface area contributed by atoms with E-state index in [1.54, 1.807) is 6.20 Å². The summed E-state index contributed by atoms with van der Waals surface area (Å²) >= 11 is 0. The van der Waals surface area contributed by atoms with Gasteiger partial charge in [-0.05, 0) is 36.8 Å². The maximum absolute atomic E-state index is 4.66. The Morgan fingerprint density at radius 1 is 1.04 bits per heavy atom. The molecule has 0 radical (unpaired) electrons. The highest BCUT2D eigenvalue weighted by Gasteiger charge is 2.14. The summed E-state index contributed by atoms with van der Waals surface area (Å²) in [6.07, 6.45) is 5.48. The van der Waals surface area contributed by atoms with Gasteiger partial charge in [0.1, 0.15) is 5.69 Å². The van der Waals surface area contributed by atoms with Crippen LogP contribution < -0.4 is 0 Å². The van der Waals surface area contributed by atoms with Gasteiger partial charge in [0.05, 0.1) is 16.4 Å². The Labute approximate surface area is 143 Å². The Balaban J connectivity index is 1.71. The van der Waals surface area contributed by atoms with E-state index in [-0.39, 0.29) is 0 Å². The van der Waals surface area contributed by atoms with Crippen LogP contribution in [0, 0.1) is 6.92 Å². The average molecular weight is 326 g/mol. The second-order valence-corrected chi connectivity index (χ2v) is 5.99. The summed E-state index contributed by atoms with van der Waals surface area (Å²) in [5, 5.41) is 8.30. The van der Waals surface area contributed by atoms with Gasteiger partial charge in [0.2, 0.25) is 0 Å². The number of nitrogens with one attached hydrogen (secondary N) is 2. The Hall–Kier alpha value is -3.54. The first-order valence-corrected chi connectivity index (χ1v) is 8.00. The number of pyridine rings is 2. The zero-order chi connectivity index (χ0) is 16.8. The number of rotatable bonds is 2. The minimum Gasteiger partial charge on any atom is -0.337 e. The fourth-order valence-electron chi connectivity index (χ4n) is 3.06. The summed E-state index contributed by atoms with van der Waals surface area (Å²) in [5.74, 6) is 0.755. The quantitative estimate of drug-likeness (QED) is 0.516. The Morgan fingerprint density at radius 3 is 2.84 bits per heavy atom. The third-order valence-electron chi connectivity index (χ3n) is 4.39. The minimum absolute atomic E-state index is 0.667. The number of benzene rings is 1. The summed E-state index contributed by atoms with van der Waals surface area (Å²) < 4.78 is 0. The molecule has 6 heteroatoms. The van der Waals surface area contributed by atoms with Crippen molar-refractivity contribution in [2.24, 2.45) is 0 Å². The number of H-pyrrole nitrogens is 2. The molecule has 0 bridgehead atoms. The Bertz CT molecular complexity index is 1180. The Kier molecular flexibility index (Phi) is 2.90. The van der Waals surface area contributed by atoms with E-state index in [1.807, 2.05) is 42.7 Å². The number of fused-ring (bicyclic) bond motifs is 2. The van der Waals surface area contributed by atoms with Crippen LogP contribution in [0.15, 0.2) is 55.0 Å². The maximum Gasteiger partial charge on any atom is 0.181 e. The third kappa shape index (κ3) is 2.19. The van der Waals surface area contributed by atoms with Crippen LogP contribution in [0.2, 0.25) is 0 Å². The number of nitrogens with zero attached hydrogens (tertiary/aromatic N) is 4. The molecule has 0 amide bonds. The molecule has 0 aliphatic heterocycles. The molecule has 0 saturated heterocycles.